The van der Waals surface area contributed by atoms with Crippen molar-refractivity contribution in [3.8, 4) is 0 Å². The van der Waals surface area contributed by atoms with Crippen LogP contribution in [0.2, 0.25) is 0 Å². The van der Waals surface area contributed by atoms with Gasteiger partial charge in [-0.1, -0.05) is 67.2 Å². The molecule has 0 fully saturated rings. The second kappa shape index (κ2) is 10.2. The highest BCUT2D eigenvalue weighted by atomic mass is 16.6. The van der Waals surface area contributed by atoms with Gasteiger partial charge in [0, 0.05) is 16.7 Å². The number of hydrogen-bond donors (Lipinski definition) is 0. The average molecular weight is 339 g/mol. The minimum atomic E-state index is -0.341. The van der Waals surface area contributed by atoms with Gasteiger partial charge in [-0.3, -0.25) is 9.69 Å². The smallest absolute Gasteiger partial charge is 0.334 e. The molecule has 0 amide bonds. The highest BCUT2D eigenvalue weighted by Gasteiger charge is 2.10. The van der Waals surface area contributed by atoms with E-state index in [9.17, 15) is 9.59 Å². The molecule has 2 rings (SSSR count). The lowest BCUT2D eigenvalue weighted by atomic mass is 10.0. The van der Waals surface area contributed by atoms with Crippen molar-refractivity contribution in [2.45, 2.75) is 20.1 Å². The van der Waals surface area contributed by atoms with Crippen LogP contribution in [0.25, 0.3) is 0 Å². The molecule has 1 atom stereocenters. The van der Waals surface area contributed by atoms with Crippen molar-refractivity contribution in [2.24, 2.45) is 0 Å². The summed E-state index contributed by atoms with van der Waals surface area (Å²) in [5.41, 5.74) is 1.90. The molecule has 0 saturated heterocycles. The summed E-state index contributed by atoms with van der Waals surface area (Å²) in [7, 11) is 3.69. The third-order valence-electron chi connectivity index (χ3n) is 3.43. The van der Waals surface area contributed by atoms with Crippen molar-refractivity contribution in [1.29, 1.82) is 0 Å². The van der Waals surface area contributed by atoms with E-state index in [0.29, 0.717) is 5.57 Å². The van der Waals surface area contributed by atoms with Gasteiger partial charge in [0.15, 0.2) is 12.0 Å². The van der Waals surface area contributed by atoms with Crippen molar-refractivity contribution in [3.05, 3.63) is 83.9 Å². The zero-order chi connectivity index (χ0) is 18.8. The fraction of sp³-hybridized carbons (Fsp3) is 0.238. The van der Waals surface area contributed by atoms with Gasteiger partial charge in [0.1, 0.15) is 0 Å². The summed E-state index contributed by atoms with van der Waals surface area (Å²) in [6, 6.07) is 18.6. The maximum atomic E-state index is 11.8. The lowest BCUT2D eigenvalue weighted by Gasteiger charge is -2.19. The number of hydrogen-bond acceptors (Lipinski definition) is 4. The number of nitrogens with zero attached hydrogens (tertiary/aromatic N) is 1. The fourth-order valence-corrected chi connectivity index (χ4v) is 1.71. The second-order valence-electron chi connectivity index (χ2n) is 5.81. The van der Waals surface area contributed by atoms with Crippen LogP contribution in [-0.2, 0) is 9.53 Å². The number of rotatable bonds is 5. The van der Waals surface area contributed by atoms with Crippen molar-refractivity contribution >= 4 is 11.8 Å². The first-order valence-corrected chi connectivity index (χ1v) is 8.00. The van der Waals surface area contributed by atoms with E-state index < -0.39 is 0 Å². The van der Waals surface area contributed by atoms with E-state index in [1.165, 1.54) is 0 Å². The summed E-state index contributed by atoms with van der Waals surface area (Å²) in [5.74, 6) is -0.266. The highest BCUT2D eigenvalue weighted by molar-refractivity contribution is 6.08. The van der Waals surface area contributed by atoms with Crippen molar-refractivity contribution in [2.75, 3.05) is 14.1 Å². The van der Waals surface area contributed by atoms with Gasteiger partial charge in [0.05, 0.1) is 0 Å². The van der Waals surface area contributed by atoms with Gasteiger partial charge in [-0.15, -0.1) is 0 Å². The van der Waals surface area contributed by atoms with Gasteiger partial charge >= 0.3 is 5.97 Å². The fourth-order valence-electron chi connectivity index (χ4n) is 1.71. The van der Waals surface area contributed by atoms with Crippen LogP contribution < -0.4 is 0 Å². The zero-order valence-corrected chi connectivity index (χ0v) is 15.2. The number of carbonyl (C=O) groups excluding carboxylic acids is 2. The zero-order valence-electron chi connectivity index (χ0n) is 15.2. The quantitative estimate of drug-likeness (QED) is 0.358. The molecule has 25 heavy (non-hydrogen) atoms. The number of benzene rings is 2. The van der Waals surface area contributed by atoms with E-state index in [1.807, 2.05) is 74.8 Å². The summed E-state index contributed by atoms with van der Waals surface area (Å²) < 4.78 is 4.96. The van der Waals surface area contributed by atoms with Gasteiger partial charge in [0.2, 0.25) is 0 Å². The molecule has 0 spiro atoms. The number of esters is 1. The average Bonchev–Trinajstić information content (AvgIpc) is 2.62. The lowest BCUT2D eigenvalue weighted by molar-refractivity contribution is -0.150. The predicted molar refractivity (Wildman–Crippen MR) is 100 cm³/mol. The number of ketones is 1. The molecular formula is C21H25NO3. The standard InChI is InChI=1S/C13H10O.C8H15NO2/c14-13(11-7-3-1-4-8-11)12-9-5-2-6-10-12;1-6(2)8(10)11-7(3)9(4)5/h1-10H;7H,1H2,2-5H3. The van der Waals surface area contributed by atoms with E-state index in [4.69, 9.17) is 4.74 Å². The maximum absolute atomic E-state index is 11.8. The molecule has 0 heterocycles. The molecule has 0 aliphatic heterocycles. The predicted octanol–water partition coefficient (Wildman–Crippen LogP) is 3.93. The Morgan fingerprint density at radius 2 is 1.32 bits per heavy atom. The van der Waals surface area contributed by atoms with Gasteiger partial charge in [-0.25, -0.2) is 4.79 Å². The third-order valence-corrected chi connectivity index (χ3v) is 3.43. The molecule has 0 aliphatic rings. The molecular weight excluding hydrogens is 314 g/mol. The van der Waals surface area contributed by atoms with Crippen molar-refractivity contribution in [1.82, 2.24) is 4.90 Å². The Morgan fingerprint density at radius 1 is 0.920 bits per heavy atom. The number of ether oxygens (including phenoxy) is 1. The summed E-state index contributed by atoms with van der Waals surface area (Å²) in [5, 5.41) is 0. The first-order chi connectivity index (χ1) is 11.8. The molecule has 2 aromatic carbocycles. The largest absolute Gasteiger partial charge is 0.443 e. The normalized spacial score (nSPS) is 11.1. The first kappa shape index (κ1) is 20.3. The van der Waals surface area contributed by atoms with E-state index in [2.05, 4.69) is 6.58 Å². The van der Waals surface area contributed by atoms with Gasteiger partial charge < -0.3 is 4.74 Å². The number of carbonyl (C=O) groups is 2. The van der Waals surface area contributed by atoms with E-state index >= 15 is 0 Å². The van der Waals surface area contributed by atoms with Crippen LogP contribution in [0.3, 0.4) is 0 Å². The third kappa shape index (κ3) is 7.14. The second-order valence-corrected chi connectivity index (χ2v) is 5.81. The van der Waals surface area contributed by atoms with E-state index in [1.54, 1.807) is 18.7 Å². The Labute approximate surface area is 149 Å². The molecule has 0 aliphatic carbocycles. The molecule has 0 saturated carbocycles. The minimum absolute atomic E-state index is 0.0752. The Morgan fingerprint density at radius 3 is 1.64 bits per heavy atom. The van der Waals surface area contributed by atoms with Crippen molar-refractivity contribution in [3.63, 3.8) is 0 Å². The van der Waals surface area contributed by atoms with Crippen LogP contribution in [0.1, 0.15) is 29.8 Å². The van der Waals surface area contributed by atoms with Crippen LogP contribution in [0.15, 0.2) is 72.8 Å². The van der Waals surface area contributed by atoms with Crippen LogP contribution in [-0.4, -0.2) is 37.0 Å². The molecule has 0 aromatic heterocycles. The minimum Gasteiger partial charge on any atom is -0.443 e. The Balaban J connectivity index is 0.000000260. The summed E-state index contributed by atoms with van der Waals surface area (Å²) in [6.45, 7) is 6.91. The van der Waals surface area contributed by atoms with Crippen LogP contribution in [0, 0.1) is 0 Å². The van der Waals surface area contributed by atoms with Crippen molar-refractivity contribution < 1.29 is 14.3 Å². The van der Waals surface area contributed by atoms with Gasteiger partial charge in [-0.2, -0.15) is 0 Å². The highest BCUT2D eigenvalue weighted by Crippen LogP contribution is 2.08. The first-order valence-electron chi connectivity index (χ1n) is 8.00. The molecule has 4 heteroatoms. The molecule has 1 unspecified atom stereocenters. The molecule has 0 radical (unpaired) electrons. The summed E-state index contributed by atoms with van der Waals surface area (Å²) in [4.78, 5) is 24.6. The van der Waals surface area contributed by atoms with E-state index in [0.717, 1.165) is 11.1 Å². The molecule has 2 aromatic rings. The molecule has 0 N–H and O–H groups in total. The Kier molecular flexibility index (Phi) is 8.30. The topological polar surface area (TPSA) is 46.6 Å². The summed E-state index contributed by atoms with van der Waals surface area (Å²) in [6.07, 6.45) is -0.195. The van der Waals surface area contributed by atoms with Gasteiger partial charge in [0.25, 0.3) is 0 Å². The van der Waals surface area contributed by atoms with Crippen LogP contribution in [0.5, 0.6) is 0 Å². The monoisotopic (exact) mass is 339 g/mol. The molecule has 4 nitrogen and oxygen atoms in total. The maximum Gasteiger partial charge on any atom is 0.334 e. The van der Waals surface area contributed by atoms with Crippen LogP contribution >= 0.6 is 0 Å². The summed E-state index contributed by atoms with van der Waals surface area (Å²) >= 11 is 0. The Bertz CT molecular complexity index is 652. The lowest BCUT2D eigenvalue weighted by Crippen LogP contribution is -2.30. The Hall–Kier alpha value is -2.72. The van der Waals surface area contributed by atoms with Gasteiger partial charge in [-0.05, 0) is 27.9 Å². The molecule has 0 bridgehead atoms. The van der Waals surface area contributed by atoms with Crippen LogP contribution in [0.4, 0.5) is 0 Å². The van der Waals surface area contributed by atoms with E-state index in [-0.39, 0.29) is 18.0 Å². The molecule has 132 valence electrons. The SMILES string of the molecule is C=C(C)C(=O)OC(C)N(C)C.O=C(c1ccccc1)c1ccccc1.